The smallest absolute Gasteiger partial charge is 0.333 e. The fourth-order valence-corrected chi connectivity index (χ4v) is 2.55. The van der Waals surface area contributed by atoms with Crippen molar-refractivity contribution in [2.75, 3.05) is 7.11 Å². The van der Waals surface area contributed by atoms with Crippen molar-refractivity contribution in [3.63, 3.8) is 0 Å². The number of carbonyl (C=O) groups excluding carboxylic acids is 2. The highest BCUT2D eigenvalue weighted by Gasteiger charge is 2.24. The van der Waals surface area contributed by atoms with E-state index < -0.39 is 0 Å². The molecule has 3 heteroatoms. The summed E-state index contributed by atoms with van der Waals surface area (Å²) in [5.74, 6) is 0.837. The molecule has 1 aliphatic rings. The van der Waals surface area contributed by atoms with Crippen molar-refractivity contribution in [1.82, 2.24) is 0 Å². The zero-order chi connectivity index (χ0) is 14.4. The second kappa shape index (κ2) is 7.27. The molecule has 0 aromatic carbocycles. The average Bonchev–Trinajstić information content (AvgIpc) is 2.36. The maximum absolute atomic E-state index is 11.8. The highest BCUT2D eigenvalue weighted by atomic mass is 16.5. The third kappa shape index (κ3) is 5.01. The number of allylic oxidation sites excluding steroid dienone is 3. The molecule has 0 saturated carbocycles. The van der Waals surface area contributed by atoms with Crippen molar-refractivity contribution in [3.05, 3.63) is 23.3 Å². The summed E-state index contributed by atoms with van der Waals surface area (Å²) in [7, 11) is 1.41. The van der Waals surface area contributed by atoms with Crippen LogP contribution in [0.3, 0.4) is 0 Å². The van der Waals surface area contributed by atoms with Crippen molar-refractivity contribution >= 4 is 11.8 Å². The lowest BCUT2D eigenvalue weighted by molar-refractivity contribution is -0.136. The Morgan fingerprint density at radius 3 is 2.63 bits per heavy atom. The molecule has 1 rings (SSSR count). The molecular weight excluding hydrogens is 240 g/mol. The molecule has 0 aliphatic heterocycles. The van der Waals surface area contributed by atoms with Crippen LogP contribution in [0.1, 0.15) is 46.5 Å². The summed E-state index contributed by atoms with van der Waals surface area (Å²) in [6.45, 7) is 6.00. The minimum Gasteiger partial charge on any atom is -0.466 e. The maximum Gasteiger partial charge on any atom is 0.333 e. The number of rotatable bonds is 5. The zero-order valence-electron chi connectivity index (χ0n) is 12.4. The summed E-state index contributed by atoms with van der Waals surface area (Å²) >= 11 is 0. The topological polar surface area (TPSA) is 43.4 Å². The predicted molar refractivity (Wildman–Crippen MR) is 75.7 cm³/mol. The number of ether oxygens (including phenoxy) is 1. The molecule has 0 aromatic heterocycles. The fourth-order valence-electron chi connectivity index (χ4n) is 2.55. The van der Waals surface area contributed by atoms with Gasteiger partial charge in [-0.15, -0.1) is 0 Å². The molecule has 0 saturated heterocycles. The number of hydrogen-bond acceptors (Lipinski definition) is 3. The van der Waals surface area contributed by atoms with Crippen LogP contribution in [0.4, 0.5) is 0 Å². The molecule has 0 spiro atoms. The lowest BCUT2D eigenvalue weighted by atomic mass is 9.79. The van der Waals surface area contributed by atoms with E-state index in [1.165, 1.54) is 7.11 Å². The quantitative estimate of drug-likeness (QED) is 0.564. The number of ketones is 1. The molecule has 2 atom stereocenters. The molecule has 0 N–H and O–H groups in total. The van der Waals surface area contributed by atoms with Gasteiger partial charge in [-0.05, 0) is 51.0 Å². The number of esters is 1. The summed E-state index contributed by atoms with van der Waals surface area (Å²) in [6.07, 6.45) is 6.88. The monoisotopic (exact) mass is 264 g/mol. The Morgan fingerprint density at radius 2 is 2.16 bits per heavy atom. The molecule has 0 heterocycles. The second-order valence-corrected chi connectivity index (χ2v) is 5.62. The van der Waals surface area contributed by atoms with Gasteiger partial charge in [0.2, 0.25) is 0 Å². The standard InChI is InChI=1S/C16H24O3/c1-11(2)9-15(17)10-12(3)13-5-7-14(8-6-13)16(18)19-4/h7,9,12-13H,5-6,8,10H2,1-4H3/t12-,13-/m0/s1. The van der Waals surface area contributed by atoms with E-state index in [0.29, 0.717) is 18.3 Å². The first kappa shape index (κ1) is 15.7. The van der Waals surface area contributed by atoms with Gasteiger partial charge >= 0.3 is 5.97 Å². The SMILES string of the molecule is COC(=O)C1=CC[C@H]([C@@H](C)CC(=O)C=C(C)C)CC1. The van der Waals surface area contributed by atoms with E-state index >= 15 is 0 Å². The lowest BCUT2D eigenvalue weighted by Gasteiger charge is -2.26. The molecule has 0 radical (unpaired) electrons. The largest absolute Gasteiger partial charge is 0.466 e. The lowest BCUT2D eigenvalue weighted by Crippen LogP contribution is -2.19. The number of hydrogen-bond donors (Lipinski definition) is 0. The van der Waals surface area contributed by atoms with Crippen LogP contribution in [-0.4, -0.2) is 18.9 Å². The molecule has 0 unspecified atom stereocenters. The van der Waals surface area contributed by atoms with Gasteiger partial charge in [-0.3, -0.25) is 4.79 Å². The maximum atomic E-state index is 11.8. The van der Waals surface area contributed by atoms with E-state index in [-0.39, 0.29) is 11.8 Å². The Balaban J connectivity index is 2.51. The average molecular weight is 264 g/mol. The summed E-state index contributed by atoms with van der Waals surface area (Å²) in [4.78, 5) is 23.1. The molecule has 0 fully saturated rings. The van der Waals surface area contributed by atoms with Crippen LogP contribution in [0.25, 0.3) is 0 Å². The third-order valence-corrected chi connectivity index (χ3v) is 3.68. The van der Waals surface area contributed by atoms with Crippen LogP contribution in [0.2, 0.25) is 0 Å². The highest BCUT2D eigenvalue weighted by molar-refractivity contribution is 5.90. The van der Waals surface area contributed by atoms with Crippen molar-refractivity contribution in [1.29, 1.82) is 0 Å². The van der Waals surface area contributed by atoms with Gasteiger partial charge in [-0.1, -0.05) is 18.6 Å². The molecule has 0 aromatic rings. The molecule has 19 heavy (non-hydrogen) atoms. The van der Waals surface area contributed by atoms with Crippen LogP contribution in [0.15, 0.2) is 23.3 Å². The molecule has 106 valence electrons. The van der Waals surface area contributed by atoms with Gasteiger partial charge in [-0.25, -0.2) is 4.79 Å². The van der Waals surface area contributed by atoms with Crippen LogP contribution in [0, 0.1) is 11.8 Å². The molecule has 0 amide bonds. The van der Waals surface area contributed by atoms with E-state index in [2.05, 4.69) is 6.92 Å². The van der Waals surface area contributed by atoms with Crippen molar-refractivity contribution in [2.45, 2.75) is 46.5 Å². The number of methoxy groups -OCH3 is 1. The van der Waals surface area contributed by atoms with Crippen LogP contribution >= 0.6 is 0 Å². The molecular formula is C16H24O3. The van der Waals surface area contributed by atoms with Gasteiger partial charge in [0.15, 0.2) is 5.78 Å². The summed E-state index contributed by atoms with van der Waals surface area (Å²) in [5, 5.41) is 0. The summed E-state index contributed by atoms with van der Waals surface area (Å²) in [5.41, 5.74) is 1.83. The minimum absolute atomic E-state index is 0.204. The molecule has 3 nitrogen and oxygen atoms in total. The van der Waals surface area contributed by atoms with E-state index in [1.807, 2.05) is 19.9 Å². The normalized spacial score (nSPS) is 20.2. The molecule has 0 bridgehead atoms. The van der Waals surface area contributed by atoms with Crippen LogP contribution in [-0.2, 0) is 14.3 Å². The van der Waals surface area contributed by atoms with Gasteiger partial charge in [0.1, 0.15) is 0 Å². The second-order valence-electron chi connectivity index (χ2n) is 5.62. The van der Waals surface area contributed by atoms with Crippen molar-refractivity contribution in [3.8, 4) is 0 Å². The van der Waals surface area contributed by atoms with Gasteiger partial charge in [-0.2, -0.15) is 0 Å². The van der Waals surface area contributed by atoms with Crippen molar-refractivity contribution < 1.29 is 14.3 Å². The summed E-state index contributed by atoms with van der Waals surface area (Å²) in [6, 6.07) is 0. The van der Waals surface area contributed by atoms with E-state index in [1.54, 1.807) is 6.08 Å². The Labute approximate surface area is 115 Å². The van der Waals surface area contributed by atoms with Gasteiger partial charge in [0.25, 0.3) is 0 Å². The van der Waals surface area contributed by atoms with Crippen LogP contribution < -0.4 is 0 Å². The van der Waals surface area contributed by atoms with Gasteiger partial charge < -0.3 is 4.74 Å². The Bertz CT molecular complexity index is 400. The summed E-state index contributed by atoms with van der Waals surface area (Å²) < 4.78 is 4.72. The van der Waals surface area contributed by atoms with E-state index in [9.17, 15) is 9.59 Å². The fraction of sp³-hybridized carbons (Fsp3) is 0.625. The van der Waals surface area contributed by atoms with Crippen LogP contribution in [0.5, 0.6) is 0 Å². The van der Waals surface area contributed by atoms with Gasteiger partial charge in [0, 0.05) is 12.0 Å². The minimum atomic E-state index is -0.216. The van der Waals surface area contributed by atoms with Crippen molar-refractivity contribution in [2.24, 2.45) is 11.8 Å². The third-order valence-electron chi connectivity index (χ3n) is 3.68. The Morgan fingerprint density at radius 1 is 1.47 bits per heavy atom. The predicted octanol–water partition coefficient (Wildman–Crippen LogP) is 3.45. The first-order valence-corrected chi connectivity index (χ1v) is 6.89. The van der Waals surface area contributed by atoms with E-state index in [4.69, 9.17) is 4.74 Å². The Kier molecular flexibility index (Phi) is 6.00. The van der Waals surface area contributed by atoms with Gasteiger partial charge in [0.05, 0.1) is 7.11 Å². The first-order chi connectivity index (χ1) is 8.93. The zero-order valence-corrected chi connectivity index (χ0v) is 12.4. The highest BCUT2D eigenvalue weighted by Crippen LogP contribution is 2.31. The van der Waals surface area contributed by atoms with E-state index in [0.717, 1.165) is 30.4 Å². The number of carbonyl (C=O) groups is 2. The Hall–Kier alpha value is -1.38. The first-order valence-electron chi connectivity index (χ1n) is 6.89. The molecule has 1 aliphatic carbocycles.